The minimum Gasteiger partial charge on any atom is -0.382 e. The van der Waals surface area contributed by atoms with E-state index in [-0.39, 0.29) is 63.4 Å². The average Bonchev–Trinajstić information content (AvgIpc) is 3.02. The highest BCUT2D eigenvalue weighted by Gasteiger charge is 2.52. The minimum absolute atomic E-state index is 0.00349. The Bertz CT molecular complexity index is 1240. The van der Waals surface area contributed by atoms with Gasteiger partial charge in [0.25, 0.3) is 0 Å². The highest BCUT2D eigenvalue weighted by atomic mass is 19.4. The second-order valence-corrected chi connectivity index (χ2v) is 12.1. The molecule has 0 aromatic carbocycles. The number of hydrogen-bond donors (Lipinski definition) is 1. The maximum absolute atomic E-state index is 13.1. The average molecular weight is 777 g/mol. The highest BCUT2D eigenvalue weighted by Crippen LogP contribution is 2.48. The number of amides is 3. The molecule has 8 nitrogen and oxygen atoms in total. The molecule has 3 amide bonds. The molecule has 3 fully saturated rings. The molecular weight excluding hydrogens is 732 g/mol. The zero-order valence-electron chi connectivity index (χ0n) is 29.0. The number of nitrogens with zero attached hydrogens (tertiary/aromatic N) is 3. The van der Waals surface area contributed by atoms with Crippen LogP contribution < -0.4 is 5.32 Å². The van der Waals surface area contributed by atoms with Gasteiger partial charge in [0.2, 0.25) is 17.7 Å². The molecule has 2 unspecified atom stereocenters. The van der Waals surface area contributed by atoms with Crippen molar-refractivity contribution in [1.82, 2.24) is 20.0 Å². The molecule has 3 aliphatic rings. The Morgan fingerprint density at radius 2 is 1.44 bits per heavy atom. The van der Waals surface area contributed by atoms with Crippen LogP contribution in [0.2, 0.25) is 0 Å². The number of alkyl halides is 12. The number of ether oxygens (including phenoxy) is 1. The molecule has 3 rings (SSSR count). The first-order chi connectivity index (χ1) is 23.8. The maximum Gasteiger partial charge on any atom is 0.415 e. The first-order valence-electron chi connectivity index (χ1n) is 16.2. The molecule has 2 saturated heterocycles. The van der Waals surface area contributed by atoms with Gasteiger partial charge in [0.15, 0.2) is 0 Å². The van der Waals surface area contributed by atoms with Crippen LogP contribution in [0.5, 0.6) is 0 Å². The lowest BCUT2D eigenvalue weighted by atomic mass is 9.74. The Kier molecular flexibility index (Phi) is 17.7. The van der Waals surface area contributed by atoms with Crippen molar-refractivity contribution < 1.29 is 71.8 Å². The lowest BCUT2D eigenvalue weighted by Crippen LogP contribution is -2.60. The largest absolute Gasteiger partial charge is 0.415 e. The van der Waals surface area contributed by atoms with Crippen molar-refractivity contribution in [2.75, 3.05) is 59.5 Å². The van der Waals surface area contributed by atoms with Crippen LogP contribution >= 0.6 is 0 Å². The lowest BCUT2D eigenvalue weighted by molar-refractivity contribution is -0.229. The first-order valence-corrected chi connectivity index (χ1v) is 16.2. The van der Waals surface area contributed by atoms with Gasteiger partial charge in [-0.25, -0.2) is 0 Å². The number of piperazine rings is 2. The quantitative estimate of drug-likeness (QED) is 0.226. The number of rotatable bonds is 8. The first kappa shape index (κ1) is 46.7. The summed E-state index contributed by atoms with van der Waals surface area (Å²) in [5, 5.41) is 2.75. The molecule has 0 aromatic heterocycles. The Hall–Kier alpha value is -3.29. The summed E-state index contributed by atoms with van der Waals surface area (Å²) in [6.45, 7) is 8.30. The van der Waals surface area contributed by atoms with Gasteiger partial charge in [-0.15, -0.1) is 0 Å². The van der Waals surface area contributed by atoms with Gasteiger partial charge in [-0.1, -0.05) is 26.5 Å². The molecule has 1 aliphatic carbocycles. The van der Waals surface area contributed by atoms with E-state index < -0.39 is 85.2 Å². The number of nitrogens with one attached hydrogen (secondary N) is 1. The van der Waals surface area contributed by atoms with E-state index in [9.17, 15) is 67.1 Å². The molecule has 0 bridgehead atoms. The number of allylic oxidation sites excluding steroid dienone is 3. The van der Waals surface area contributed by atoms with Crippen LogP contribution in [0, 0.1) is 17.8 Å². The van der Waals surface area contributed by atoms with Crippen molar-refractivity contribution in [2.45, 2.75) is 70.8 Å². The molecule has 0 spiro atoms. The van der Waals surface area contributed by atoms with Gasteiger partial charge >= 0.3 is 24.7 Å². The molecule has 2 heterocycles. The summed E-state index contributed by atoms with van der Waals surface area (Å²) in [5.41, 5.74) is -1.58. The molecular formula is C32H44F12N4O4. The Balaban J connectivity index is 0.000000510. The predicted octanol–water partition coefficient (Wildman–Crippen LogP) is 6.46. The second-order valence-electron chi connectivity index (χ2n) is 12.1. The van der Waals surface area contributed by atoms with Crippen LogP contribution in [-0.4, -0.2) is 123 Å². The van der Waals surface area contributed by atoms with Crippen LogP contribution in [0.1, 0.15) is 40.0 Å². The van der Waals surface area contributed by atoms with Gasteiger partial charge in [-0.2, -0.15) is 52.7 Å². The van der Waals surface area contributed by atoms with E-state index >= 15 is 0 Å². The van der Waals surface area contributed by atoms with Crippen molar-refractivity contribution >= 4 is 17.7 Å². The lowest BCUT2D eigenvalue weighted by Gasteiger charge is -2.43. The zero-order chi connectivity index (χ0) is 40.2. The van der Waals surface area contributed by atoms with E-state index in [4.69, 9.17) is 4.74 Å². The molecule has 1 N–H and O–H groups in total. The van der Waals surface area contributed by atoms with Gasteiger partial charge in [0.1, 0.15) is 6.04 Å². The van der Waals surface area contributed by atoms with Gasteiger partial charge < -0.3 is 24.8 Å². The fourth-order valence-corrected chi connectivity index (χ4v) is 5.84. The van der Waals surface area contributed by atoms with E-state index in [0.717, 1.165) is 0 Å². The maximum atomic E-state index is 13.1. The van der Waals surface area contributed by atoms with Gasteiger partial charge in [0.05, 0.1) is 25.0 Å². The number of methoxy groups -OCH3 is 1. The Labute approximate surface area is 293 Å². The number of halogens is 12. The summed E-state index contributed by atoms with van der Waals surface area (Å²) >= 11 is 0. The van der Waals surface area contributed by atoms with Gasteiger partial charge in [-0.3, -0.25) is 14.4 Å². The number of carbonyl (C=O) groups is 3. The molecule has 1 saturated carbocycles. The molecule has 0 radical (unpaired) electrons. The molecule has 52 heavy (non-hydrogen) atoms. The normalized spacial score (nSPS) is 23.9. The van der Waals surface area contributed by atoms with E-state index in [1.807, 2.05) is 13.8 Å². The fraction of sp³-hybridized carbons (Fsp3) is 0.719. The van der Waals surface area contributed by atoms with Crippen LogP contribution in [0.3, 0.4) is 0 Å². The summed E-state index contributed by atoms with van der Waals surface area (Å²) < 4.78 is 158. The molecule has 20 heteroatoms. The summed E-state index contributed by atoms with van der Waals surface area (Å²) in [4.78, 5) is 39.7. The van der Waals surface area contributed by atoms with Crippen molar-refractivity contribution in [3.05, 3.63) is 36.0 Å². The SMILES string of the molecule is C=C(/C=C(\C=C\C(F)(F)F)CN1CCNCC1=O)C(F)(F)F.CC.COC[C@@H]1C(=O)N(CC2CC(C(F)(F)F)CC(C(F)(F)F)C2)CCN1C(C)=O. The topological polar surface area (TPSA) is 82.2 Å². The van der Waals surface area contributed by atoms with E-state index in [2.05, 4.69) is 11.9 Å². The van der Waals surface area contributed by atoms with Crippen LogP contribution in [0.4, 0.5) is 52.7 Å². The van der Waals surface area contributed by atoms with E-state index in [1.165, 1.54) is 28.7 Å². The Morgan fingerprint density at radius 1 is 0.885 bits per heavy atom. The fourth-order valence-electron chi connectivity index (χ4n) is 5.84. The highest BCUT2D eigenvalue weighted by molar-refractivity contribution is 5.88. The van der Waals surface area contributed by atoms with Crippen molar-refractivity contribution in [3.63, 3.8) is 0 Å². The molecule has 0 aromatic rings. The number of hydrogen-bond acceptors (Lipinski definition) is 5. The van der Waals surface area contributed by atoms with E-state index in [1.54, 1.807) is 0 Å². The van der Waals surface area contributed by atoms with Crippen molar-refractivity contribution in [3.8, 4) is 0 Å². The predicted molar refractivity (Wildman–Crippen MR) is 165 cm³/mol. The summed E-state index contributed by atoms with van der Waals surface area (Å²) in [6, 6.07) is -0.920. The van der Waals surface area contributed by atoms with Crippen molar-refractivity contribution in [1.29, 1.82) is 0 Å². The van der Waals surface area contributed by atoms with Crippen molar-refractivity contribution in [2.24, 2.45) is 17.8 Å². The monoisotopic (exact) mass is 776 g/mol. The summed E-state index contributed by atoms with van der Waals surface area (Å²) in [6.07, 6.45) is -19.8. The van der Waals surface area contributed by atoms with Crippen LogP contribution in [0.15, 0.2) is 36.0 Å². The third-order valence-corrected chi connectivity index (χ3v) is 8.29. The zero-order valence-corrected chi connectivity index (χ0v) is 29.0. The van der Waals surface area contributed by atoms with Gasteiger partial charge in [-0.05, 0) is 36.8 Å². The second kappa shape index (κ2) is 19.7. The van der Waals surface area contributed by atoms with E-state index in [0.29, 0.717) is 18.7 Å². The molecule has 300 valence electrons. The standard InChI is InChI=1S/C17H24F6N2O3.C13H14F6N2O.C2H6/c1-10(26)25-4-3-24(15(27)14(25)9-28-2)8-11-5-12(16(18,19)20)7-13(6-11)17(21,22)23;1-9(13(17,18)19)6-10(2-3-12(14,15)16)8-21-5-4-20-7-11(21)22;1-2/h11-14H,3-9H2,1-2H3;2-3,6,20H,1,4-5,7-8H2;1-2H3/b;3-2+,10-6+;/t11?,12?,13?,14-;;/m1../s1. The molecule has 2 aliphatic heterocycles. The Morgan fingerprint density at radius 3 is 1.88 bits per heavy atom. The van der Waals surface area contributed by atoms with Gasteiger partial charge in [0, 0.05) is 65.0 Å². The smallest absolute Gasteiger partial charge is 0.382 e. The summed E-state index contributed by atoms with van der Waals surface area (Å²) in [5.74, 6) is -6.25. The number of carbonyl (C=O) groups excluding carboxylic acids is 3. The summed E-state index contributed by atoms with van der Waals surface area (Å²) in [7, 11) is 1.34. The van der Waals surface area contributed by atoms with Crippen LogP contribution in [-0.2, 0) is 19.1 Å². The minimum atomic E-state index is -4.75. The third-order valence-electron chi connectivity index (χ3n) is 8.29. The molecule has 3 atom stereocenters. The van der Waals surface area contributed by atoms with Crippen LogP contribution in [0.25, 0.3) is 0 Å². The third kappa shape index (κ3) is 15.4.